The summed E-state index contributed by atoms with van der Waals surface area (Å²) in [4.78, 5) is 27.0. The molecule has 0 spiro atoms. The fourth-order valence-electron chi connectivity index (χ4n) is 4.95. The zero-order valence-corrected chi connectivity index (χ0v) is 25.3. The van der Waals surface area contributed by atoms with Crippen LogP contribution in [0.4, 0.5) is 5.69 Å². The molecule has 2 aromatic carbocycles. The minimum Gasteiger partial charge on any atom is -0.426 e. The van der Waals surface area contributed by atoms with Gasteiger partial charge in [-0.3, -0.25) is 9.59 Å². The van der Waals surface area contributed by atoms with Crippen molar-refractivity contribution in [2.24, 2.45) is 5.92 Å². The van der Waals surface area contributed by atoms with Crippen molar-refractivity contribution in [2.75, 3.05) is 31.5 Å². The third-order valence-corrected chi connectivity index (χ3v) is 7.72. The maximum atomic E-state index is 12.4. The van der Waals surface area contributed by atoms with Crippen molar-refractivity contribution in [1.82, 2.24) is 10.2 Å². The monoisotopic (exact) mass is 599 g/mol. The number of furan rings is 1. The van der Waals surface area contributed by atoms with E-state index in [9.17, 15) is 9.59 Å². The summed E-state index contributed by atoms with van der Waals surface area (Å²) >= 11 is 12.0. The first-order chi connectivity index (χ1) is 19.8. The smallest absolute Gasteiger partial charge is 0.290 e. The first-order valence-electron chi connectivity index (χ1n) is 14.4. The lowest BCUT2D eigenvalue weighted by molar-refractivity contribution is -0.118. The maximum Gasteiger partial charge on any atom is 0.290 e. The van der Waals surface area contributed by atoms with Gasteiger partial charge in [-0.1, -0.05) is 62.0 Å². The topological polar surface area (TPSA) is 83.8 Å². The second-order valence-electron chi connectivity index (χ2n) is 10.9. The quantitative estimate of drug-likeness (QED) is 0.194. The number of rotatable bonds is 13. The van der Waals surface area contributed by atoms with Crippen molar-refractivity contribution in [3.05, 3.63) is 76.0 Å². The number of benzene rings is 2. The standard InChI is InChI=1S/C32H39Cl2N3O4/c1-22(2)31(38)36-27-9-7-8-24(18-27)23-12-16-37(17-13-23)15-6-4-3-5-14-35-32(39)29-10-11-30(41-29)40-28-20-25(33)19-26(34)21-28/h7-11,18-23H,3-6,12-17H2,1-2H3,(H,35,39)(H,36,38). The summed E-state index contributed by atoms with van der Waals surface area (Å²) in [6.07, 6.45) is 6.55. The Bertz CT molecular complexity index is 1280. The summed E-state index contributed by atoms with van der Waals surface area (Å²) in [5, 5.41) is 6.83. The van der Waals surface area contributed by atoms with Crippen LogP contribution in [0.1, 0.15) is 74.4 Å². The van der Waals surface area contributed by atoms with Crippen molar-refractivity contribution in [3.8, 4) is 11.7 Å². The Morgan fingerprint density at radius 2 is 1.71 bits per heavy atom. The summed E-state index contributed by atoms with van der Waals surface area (Å²) in [7, 11) is 0. The molecule has 41 heavy (non-hydrogen) atoms. The summed E-state index contributed by atoms with van der Waals surface area (Å²) in [6.45, 7) is 7.72. The lowest BCUT2D eigenvalue weighted by Crippen LogP contribution is -2.33. The molecular weight excluding hydrogens is 561 g/mol. The molecule has 0 atom stereocenters. The maximum absolute atomic E-state index is 12.4. The Morgan fingerprint density at radius 3 is 2.44 bits per heavy atom. The van der Waals surface area contributed by atoms with Crippen molar-refractivity contribution >= 4 is 40.7 Å². The molecule has 0 unspecified atom stereocenters. The Hall–Kier alpha value is -3.00. The van der Waals surface area contributed by atoms with E-state index in [1.165, 1.54) is 5.56 Å². The number of ether oxygens (including phenoxy) is 1. The predicted octanol–water partition coefficient (Wildman–Crippen LogP) is 8.14. The second kappa shape index (κ2) is 15.3. The number of nitrogens with zero attached hydrogens (tertiary/aromatic N) is 1. The van der Waals surface area contributed by atoms with Gasteiger partial charge in [0.15, 0.2) is 5.76 Å². The third kappa shape index (κ3) is 9.80. The molecule has 4 rings (SSSR count). The number of unbranched alkanes of at least 4 members (excludes halogenated alkanes) is 3. The van der Waals surface area contributed by atoms with Gasteiger partial charge in [0.1, 0.15) is 5.75 Å². The number of anilines is 1. The van der Waals surface area contributed by atoms with E-state index in [4.69, 9.17) is 32.4 Å². The lowest BCUT2D eigenvalue weighted by atomic mass is 9.89. The molecule has 7 nitrogen and oxygen atoms in total. The van der Waals surface area contributed by atoms with Crippen molar-refractivity contribution in [1.29, 1.82) is 0 Å². The number of halogens is 2. The first-order valence-corrected chi connectivity index (χ1v) is 15.2. The number of nitrogens with one attached hydrogen (secondary N) is 2. The van der Waals surface area contributed by atoms with Gasteiger partial charge in [0.05, 0.1) is 0 Å². The molecule has 1 aliphatic rings. The summed E-state index contributed by atoms with van der Waals surface area (Å²) < 4.78 is 11.1. The van der Waals surface area contributed by atoms with Crippen LogP contribution in [0.25, 0.3) is 0 Å². The molecule has 1 aliphatic heterocycles. The zero-order valence-electron chi connectivity index (χ0n) is 23.8. The Morgan fingerprint density at radius 1 is 0.976 bits per heavy atom. The number of hydrogen-bond donors (Lipinski definition) is 2. The van der Waals surface area contributed by atoms with Crippen LogP contribution < -0.4 is 15.4 Å². The Kier molecular flexibility index (Phi) is 11.5. The number of amides is 2. The van der Waals surface area contributed by atoms with E-state index >= 15 is 0 Å². The molecule has 1 fully saturated rings. The van der Waals surface area contributed by atoms with Crippen LogP contribution in [0.3, 0.4) is 0 Å². The minimum atomic E-state index is -0.264. The van der Waals surface area contributed by atoms with Gasteiger partial charge in [0.25, 0.3) is 11.9 Å². The highest BCUT2D eigenvalue weighted by Gasteiger charge is 2.21. The fraction of sp³-hybridized carbons (Fsp3) is 0.438. The number of carbonyl (C=O) groups excluding carboxylic acids is 2. The van der Waals surface area contributed by atoms with Crippen molar-refractivity contribution in [2.45, 2.75) is 58.3 Å². The minimum absolute atomic E-state index is 0.0286. The highest BCUT2D eigenvalue weighted by molar-refractivity contribution is 6.34. The van der Waals surface area contributed by atoms with Gasteiger partial charge in [-0.25, -0.2) is 0 Å². The number of piperidine rings is 1. The van der Waals surface area contributed by atoms with Gasteiger partial charge in [0, 0.05) is 34.3 Å². The summed E-state index contributed by atoms with van der Waals surface area (Å²) in [5.74, 6) is 1.13. The van der Waals surface area contributed by atoms with E-state index < -0.39 is 0 Å². The van der Waals surface area contributed by atoms with Gasteiger partial charge in [-0.15, -0.1) is 0 Å². The van der Waals surface area contributed by atoms with Crippen LogP contribution in [0, 0.1) is 5.92 Å². The number of hydrogen-bond acceptors (Lipinski definition) is 5. The number of likely N-dealkylation sites (tertiary alicyclic amines) is 1. The predicted molar refractivity (Wildman–Crippen MR) is 164 cm³/mol. The molecule has 0 aliphatic carbocycles. The van der Waals surface area contributed by atoms with Gasteiger partial charge in [-0.05, 0) is 93.2 Å². The average Bonchev–Trinajstić information content (AvgIpc) is 3.41. The number of carbonyl (C=O) groups is 2. The van der Waals surface area contributed by atoms with Crippen LogP contribution >= 0.6 is 23.2 Å². The van der Waals surface area contributed by atoms with Crippen LogP contribution in [0.15, 0.2) is 59.0 Å². The van der Waals surface area contributed by atoms with Crippen LogP contribution in [0.5, 0.6) is 11.7 Å². The molecule has 1 aromatic heterocycles. The summed E-state index contributed by atoms with van der Waals surface area (Å²) in [6, 6.07) is 16.4. The normalized spacial score (nSPS) is 14.3. The SMILES string of the molecule is CC(C)C(=O)Nc1cccc(C2CCN(CCCCCCNC(=O)c3ccc(Oc4cc(Cl)cc(Cl)c4)o3)CC2)c1. The van der Waals surface area contributed by atoms with Gasteiger partial charge < -0.3 is 24.7 Å². The van der Waals surface area contributed by atoms with E-state index in [-0.39, 0.29) is 29.4 Å². The Labute approximate surface area is 252 Å². The molecule has 0 radical (unpaired) electrons. The second-order valence-corrected chi connectivity index (χ2v) is 11.8. The van der Waals surface area contributed by atoms with Crippen molar-refractivity contribution in [3.63, 3.8) is 0 Å². The molecule has 1 saturated heterocycles. The molecular formula is C32H39Cl2N3O4. The van der Waals surface area contributed by atoms with Crippen LogP contribution in [-0.4, -0.2) is 42.9 Å². The highest BCUT2D eigenvalue weighted by Crippen LogP contribution is 2.31. The van der Waals surface area contributed by atoms with E-state index in [1.54, 1.807) is 30.3 Å². The van der Waals surface area contributed by atoms with Gasteiger partial charge >= 0.3 is 0 Å². The lowest BCUT2D eigenvalue weighted by Gasteiger charge is -2.32. The average molecular weight is 601 g/mol. The van der Waals surface area contributed by atoms with E-state index in [0.717, 1.165) is 63.8 Å². The van der Waals surface area contributed by atoms with Crippen LogP contribution in [-0.2, 0) is 4.79 Å². The third-order valence-electron chi connectivity index (χ3n) is 7.28. The van der Waals surface area contributed by atoms with Crippen LogP contribution in [0.2, 0.25) is 10.0 Å². The molecule has 0 saturated carbocycles. The summed E-state index contributed by atoms with van der Waals surface area (Å²) in [5.41, 5.74) is 2.21. The molecule has 2 N–H and O–H groups in total. The zero-order chi connectivity index (χ0) is 29.2. The molecule has 220 valence electrons. The molecule has 0 bridgehead atoms. The first kappa shape index (κ1) is 30.9. The van der Waals surface area contributed by atoms with E-state index in [0.29, 0.717) is 28.3 Å². The largest absolute Gasteiger partial charge is 0.426 e. The van der Waals surface area contributed by atoms with Crippen molar-refractivity contribution < 1.29 is 18.7 Å². The molecule has 2 amide bonds. The molecule has 9 heteroatoms. The molecule has 3 aromatic rings. The highest BCUT2D eigenvalue weighted by atomic mass is 35.5. The fourth-order valence-corrected chi connectivity index (χ4v) is 5.46. The van der Waals surface area contributed by atoms with Gasteiger partial charge in [0.2, 0.25) is 5.91 Å². The Balaban J connectivity index is 1.07. The molecule has 2 heterocycles. The van der Waals surface area contributed by atoms with E-state index in [2.05, 4.69) is 27.7 Å². The van der Waals surface area contributed by atoms with Gasteiger partial charge in [-0.2, -0.15) is 0 Å². The van der Waals surface area contributed by atoms with E-state index in [1.807, 2.05) is 26.0 Å².